The summed E-state index contributed by atoms with van der Waals surface area (Å²) in [5, 5.41) is 4.04. The molecule has 0 spiro atoms. The zero-order valence-corrected chi connectivity index (χ0v) is 23.4. The third kappa shape index (κ3) is 7.37. The number of hydrogen-bond donors (Lipinski definition) is 0. The van der Waals surface area contributed by atoms with E-state index in [1.165, 1.54) is 0 Å². The van der Waals surface area contributed by atoms with Gasteiger partial charge in [0, 0.05) is 30.6 Å². The van der Waals surface area contributed by atoms with Gasteiger partial charge in [0.05, 0.1) is 27.4 Å². The van der Waals surface area contributed by atoms with E-state index >= 15 is 0 Å². The van der Waals surface area contributed by atoms with Crippen LogP contribution in [-0.2, 0) is 22.5 Å². The molecule has 0 bridgehead atoms. The number of methoxy groups -OCH3 is 3. The minimum Gasteiger partial charge on any atom is -0.493 e. The molecule has 4 aromatic rings. The summed E-state index contributed by atoms with van der Waals surface area (Å²) in [7, 11) is 4.80. The van der Waals surface area contributed by atoms with Gasteiger partial charge < -0.3 is 24.0 Å². The van der Waals surface area contributed by atoms with Gasteiger partial charge in [0.15, 0.2) is 11.5 Å². The predicted octanol–water partition coefficient (Wildman–Crippen LogP) is 5.28. The fourth-order valence-electron chi connectivity index (χ4n) is 4.40. The van der Waals surface area contributed by atoms with Crippen molar-refractivity contribution in [1.82, 2.24) is 9.80 Å². The highest BCUT2D eigenvalue weighted by Gasteiger charge is 2.23. The van der Waals surface area contributed by atoms with Crippen LogP contribution < -0.4 is 9.47 Å². The molecule has 0 atom stereocenters. The van der Waals surface area contributed by atoms with E-state index in [0.29, 0.717) is 49.7 Å². The van der Waals surface area contributed by atoms with Gasteiger partial charge in [-0.3, -0.25) is 9.59 Å². The molecular weight excluding hydrogens is 512 g/mol. The standard InChI is InChI=1S/C31H34N2O5S/c1-36-17-16-33(31(35)26-12-11-24-7-4-5-8-25(24)20-26)22-30(34)32(21-27-9-6-18-39-27)15-14-23-10-13-28(37-2)29(19-23)38-3/h4-13,18-20H,14-17,21-22H2,1-3H3. The molecule has 0 radical (unpaired) electrons. The summed E-state index contributed by atoms with van der Waals surface area (Å²) >= 11 is 1.61. The van der Waals surface area contributed by atoms with Crippen LogP contribution in [0.25, 0.3) is 10.8 Å². The molecule has 0 fully saturated rings. The highest BCUT2D eigenvalue weighted by Crippen LogP contribution is 2.28. The summed E-state index contributed by atoms with van der Waals surface area (Å²) in [6.45, 7) is 1.59. The summed E-state index contributed by atoms with van der Waals surface area (Å²) < 4.78 is 16.1. The second-order valence-electron chi connectivity index (χ2n) is 9.12. The van der Waals surface area contributed by atoms with E-state index in [-0.39, 0.29) is 18.4 Å². The monoisotopic (exact) mass is 546 g/mol. The van der Waals surface area contributed by atoms with Crippen molar-refractivity contribution in [2.45, 2.75) is 13.0 Å². The Morgan fingerprint density at radius 3 is 2.31 bits per heavy atom. The molecule has 0 unspecified atom stereocenters. The van der Waals surface area contributed by atoms with E-state index < -0.39 is 0 Å². The molecular formula is C31H34N2O5S. The number of carbonyl (C=O) groups is 2. The highest BCUT2D eigenvalue weighted by atomic mass is 32.1. The summed E-state index contributed by atoms with van der Waals surface area (Å²) in [5.74, 6) is 1.00. The van der Waals surface area contributed by atoms with Crippen molar-refractivity contribution in [3.63, 3.8) is 0 Å². The first-order valence-electron chi connectivity index (χ1n) is 12.8. The minimum absolute atomic E-state index is 0.0354. The van der Waals surface area contributed by atoms with Crippen molar-refractivity contribution in [2.24, 2.45) is 0 Å². The Morgan fingerprint density at radius 2 is 1.59 bits per heavy atom. The van der Waals surface area contributed by atoms with Crippen LogP contribution >= 0.6 is 11.3 Å². The quantitative estimate of drug-likeness (QED) is 0.228. The van der Waals surface area contributed by atoms with Crippen LogP contribution in [0.3, 0.4) is 0 Å². The van der Waals surface area contributed by atoms with Gasteiger partial charge >= 0.3 is 0 Å². The van der Waals surface area contributed by atoms with E-state index in [9.17, 15) is 9.59 Å². The average Bonchev–Trinajstić information content (AvgIpc) is 3.49. The van der Waals surface area contributed by atoms with Crippen LogP contribution in [0.2, 0.25) is 0 Å². The maximum absolute atomic E-state index is 13.7. The number of rotatable bonds is 13. The summed E-state index contributed by atoms with van der Waals surface area (Å²) in [4.78, 5) is 31.7. The van der Waals surface area contributed by atoms with Crippen molar-refractivity contribution in [2.75, 3.05) is 47.6 Å². The molecule has 0 saturated carbocycles. The van der Waals surface area contributed by atoms with E-state index in [4.69, 9.17) is 14.2 Å². The maximum atomic E-state index is 13.7. The van der Waals surface area contributed by atoms with Crippen molar-refractivity contribution >= 4 is 33.9 Å². The van der Waals surface area contributed by atoms with Gasteiger partial charge in [-0.2, -0.15) is 0 Å². The van der Waals surface area contributed by atoms with Crippen molar-refractivity contribution in [3.05, 3.63) is 94.2 Å². The van der Waals surface area contributed by atoms with Crippen LogP contribution in [0.4, 0.5) is 0 Å². The van der Waals surface area contributed by atoms with Crippen molar-refractivity contribution in [1.29, 1.82) is 0 Å². The fourth-order valence-corrected chi connectivity index (χ4v) is 5.12. The SMILES string of the molecule is COCCN(CC(=O)N(CCc1ccc(OC)c(OC)c1)Cc1cccs1)C(=O)c1ccc2ccccc2c1. The van der Waals surface area contributed by atoms with Gasteiger partial charge in [0.2, 0.25) is 5.91 Å². The molecule has 4 rings (SSSR count). The Morgan fingerprint density at radius 1 is 0.795 bits per heavy atom. The lowest BCUT2D eigenvalue weighted by atomic mass is 10.1. The molecule has 0 aliphatic carbocycles. The number of hydrogen-bond acceptors (Lipinski definition) is 6. The normalized spacial score (nSPS) is 10.8. The molecule has 39 heavy (non-hydrogen) atoms. The van der Waals surface area contributed by atoms with Crippen LogP contribution in [0.15, 0.2) is 78.2 Å². The lowest BCUT2D eigenvalue weighted by Gasteiger charge is -2.28. The number of amides is 2. The first kappa shape index (κ1) is 28.1. The summed E-state index contributed by atoms with van der Waals surface area (Å²) in [6, 6.07) is 23.3. The third-order valence-electron chi connectivity index (χ3n) is 6.57. The average molecular weight is 547 g/mol. The van der Waals surface area contributed by atoms with Crippen LogP contribution in [-0.4, -0.2) is 69.2 Å². The van der Waals surface area contributed by atoms with E-state index in [1.807, 2.05) is 83.1 Å². The largest absolute Gasteiger partial charge is 0.493 e. The molecule has 1 heterocycles. The molecule has 8 heteroatoms. The van der Waals surface area contributed by atoms with Crippen LogP contribution in [0.1, 0.15) is 20.8 Å². The lowest BCUT2D eigenvalue weighted by molar-refractivity contribution is -0.132. The third-order valence-corrected chi connectivity index (χ3v) is 7.43. The number of thiophene rings is 1. The van der Waals surface area contributed by atoms with Gasteiger partial charge in [-0.15, -0.1) is 11.3 Å². The molecule has 0 aliphatic heterocycles. The second kappa shape index (κ2) is 13.8. The first-order chi connectivity index (χ1) is 19.0. The Kier molecular flexibility index (Phi) is 9.94. The Balaban J connectivity index is 1.52. The maximum Gasteiger partial charge on any atom is 0.254 e. The molecule has 3 aromatic carbocycles. The molecule has 7 nitrogen and oxygen atoms in total. The smallest absolute Gasteiger partial charge is 0.254 e. The summed E-state index contributed by atoms with van der Waals surface area (Å²) in [6.07, 6.45) is 0.633. The number of ether oxygens (including phenoxy) is 3. The predicted molar refractivity (Wildman–Crippen MR) is 155 cm³/mol. The van der Waals surface area contributed by atoms with Crippen molar-refractivity contribution < 1.29 is 23.8 Å². The van der Waals surface area contributed by atoms with Gasteiger partial charge in [-0.25, -0.2) is 0 Å². The molecule has 204 valence electrons. The second-order valence-corrected chi connectivity index (χ2v) is 10.1. The molecule has 2 amide bonds. The minimum atomic E-state index is -0.192. The van der Waals surface area contributed by atoms with Gasteiger partial charge in [-0.1, -0.05) is 42.5 Å². The summed E-state index contributed by atoms with van der Waals surface area (Å²) in [5.41, 5.74) is 1.58. The van der Waals surface area contributed by atoms with Crippen LogP contribution in [0, 0.1) is 0 Å². The Bertz CT molecular complexity index is 1390. The van der Waals surface area contributed by atoms with Crippen molar-refractivity contribution in [3.8, 4) is 11.5 Å². The molecule has 1 aromatic heterocycles. The van der Waals surface area contributed by atoms with Gasteiger partial charge in [0.1, 0.15) is 6.54 Å². The first-order valence-corrected chi connectivity index (χ1v) is 13.7. The number of benzene rings is 3. The number of carbonyl (C=O) groups excluding carboxylic acids is 2. The topological polar surface area (TPSA) is 68.3 Å². The Hall–Kier alpha value is -3.88. The van der Waals surface area contributed by atoms with Gasteiger partial charge in [-0.05, 0) is 58.5 Å². The zero-order chi connectivity index (χ0) is 27.6. The number of nitrogens with zero attached hydrogens (tertiary/aromatic N) is 2. The van der Waals surface area contributed by atoms with Gasteiger partial charge in [0.25, 0.3) is 5.91 Å². The number of fused-ring (bicyclic) bond motifs is 1. The molecule has 0 N–H and O–H groups in total. The van der Waals surface area contributed by atoms with E-state index in [1.54, 1.807) is 37.6 Å². The van der Waals surface area contributed by atoms with Crippen LogP contribution in [0.5, 0.6) is 11.5 Å². The van der Waals surface area contributed by atoms with E-state index in [0.717, 1.165) is 21.2 Å². The van der Waals surface area contributed by atoms with E-state index in [2.05, 4.69) is 0 Å². The zero-order valence-electron chi connectivity index (χ0n) is 22.6. The fraction of sp³-hybridized carbons (Fsp3) is 0.290. The molecule has 0 aliphatic rings. The molecule has 0 saturated heterocycles. The lowest BCUT2D eigenvalue weighted by Crippen LogP contribution is -2.44. The Labute approximate surface area is 233 Å². The highest BCUT2D eigenvalue weighted by molar-refractivity contribution is 7.09.